The smallest absolute Gasteiger partial charge is 0.344 e. The first kappa shape index (κ1) is 11.6. The highest BCUT2D eigenvalue weighted by Gasteiger charge is 2.13. The van der Waals surface area contributed by atoms with Crippen molar-refractivity contribution in [1.29, 1.82) is 0 Å². The molecule has 2 nitrogen and oxygen atoms in total. The van der Waals surface area contributed by atoms with E-state index >= 15 is 0 Å². The number of sulfone groups is 1. The summed E-state index contributed by atoms with van der Waals surface area (Å²) in [6.07, 6.45) is 0. The van der Waals surface area contributed by atoms with Gasteiger partial charge < -0.3 is 9.07 Å². The lowest BCUT2D eigenvalue weighted by Crippen LogP contribution is -2.09. The molecule has 0 bridgehead atoms. The molecule has 0 spiro atoms. The topological polar surface area (TPSA) is 34.1 Å². The van der Waals surface area contributed by atoms with Crippen LogP contribution in [0, 0.1) is 0 Å². The SMILES string of the molecule is O=S(=O)([CH2][Mg][Cl])c1ccc(Cl)cc1. The predicted molar refractivity (Wildman–Crippen MR) is 55.1 cm³/mol. The van der Waals surface area contributed by atoms with Crippen LogP contribution in [0.2, 0.25) is 5.02 Å². The Labute approximate surface area is 95.6 Å². The lowest BCUT2D eigenvalue weighted by molar-refractivity contribution is 0.600. The van der Waals surface area contributed by atoms with Crippen molar-refractivity contribution in [2.24, 2.45) is 0 Å². The van der Waals surface area contributed by atoms with Crippen LogP contribution in [0.5, 0.6) is 0 Å². The van der Waals surface area contributed by atoms with Crippen molar-refractivity contribution < 1.29 is 8.42 Å². The first-order chi connectivity index (χ1) is 6.06. The fourth-order valence-electron chi connectivity index (χ4n) is 0.861. The summed E-state index contributed by atoms with van der Waals surface area (Å²) in [6.45, 7) is 0. The number of rotatable bonds is 3. The molecule has 1 rings (SSSR count). The molecule has 0 aliphatic heterocycles. The molecule has 0 atom stereocenters. The second-order valence-electron chi connectivity index (χ2n) is 2.46. The Balaban J connectivity index is 3.02. The van der Waals surface area contributed by atoms with Gasteiger partial charge >= 0.3 is 19.3 Å². The summed E-state index contributed by atoms with van der Waals surface area (Å²) in [4.78, 5) is 0.296. The van der Waals surface area contributed by atoms with Gasteiger partial charge in [0.15, 0.2) is 9.84 Å². The van der Waals surface area contributed by atoms with Crippen LogP contribution < -0.4 is 0 Å². The molecule has 1 aromatic carbocycles. The maximum atomic E-state index is 11.5. The van der Waals surface area contributed by atoms with E-state index in [1.165, 1.54) is 12.1 Å². The van der Waals surface area contributed by atoms with Gasteiger partial charge in [0.2, 0.25) is 0 Å². The number of halogens is 2. The van der Waals surface area contributed by atoms with Crippen LogP contribution in [0.25, 0.3) is 0 Å². The zero-order chi connectivity index (χ0) is 9.90. The van der Waals surface area contributed by atoms with Crippen LogP contribution in [0.15, 0.2) is 29.2 Å². The van der Waals surface area contributed by atoms with Crippen molar-refractivity contribution in [3.05, 3.63) is 29.3 Å². The van der Waals surface area contributed by atoms with E-state index in [2.05, 4.69) is 0 Å². The molecule has 0 unspecified atom stereocenters. The molecule has 1 aromatic rings. The third-order valence-electron chi connectivity index (χ3n) is 1.52. The van der Waals surface area contributed by atoms with E-state index in [0.717, 1.165) is 0 Å². The maximum absolute atomic E-state index is 11.5. The molecule has 0 fully saturated rings. The Morgan fingerprint density at radius 1 is 1.23 bits per heavy atom. The molecule has 68 valence electrons. The highest BCUT2D eigenvalue weighted by Crippen LogP contribution is 2.15. The largest absolute Gasteiger partial charge is 0.519 e. The normalized spacial score (nSPS) is 10.9. The minimum atomic E-state index is -3.16. The van der Waals surface area contributed by atoms with Crippen LogP contribution in [-0.2, 0) is 9.84 Å². The van der Waals surface area contributed by atoms with Crippen LogP contribution in [0.3, 0.4) is 0 Å². The molecule has 0 saturated heterocycles. The zero-order valence-corrected chi connectivity index (χ0v) is 10.4. The van der Waals surface area contributed by atoms with E-state index in [1.54, 1.807) is 12.1 Å². The predicted octanol–water partition coefficient (Wildman–Crippen LogP) is 1.93. The maximum Gasteiger partial charge on any atom is 0.519 e. The number of benzene rings is 1. The van der Waals surface area contributed by atoms with E-state index in [-0.39, 0.29) is 3.88 Å². The van der Waals surface area contributed by atoms with Gasteiger partial charge in [0.25, 0.3) is 0 Å². The zero-order valence-electron chi connectivity index (χ0n) is 6.70. The summed E-state index contributed by atoms with van der Waals surface area (Å²) < 4.78 is 23.0. The lowest BCUT2D eigenvalue weighted by atomic mass is 10.4. The summed E-state index contributed by atoms with van der Waals surface area (Å²) in [7, 11) is 2.34. The number of hydrogen-bond acceptors (Lipinski definition) is 2. The second kappa shape index (κ2) is 4.84. The standard InChI is InChI=1S/C7H6ClO2S.ClH.Mg/c1-11(9,10)7-4-2-6(8)3-5-7;;/h2-5H,1H2;1H;/q;;+1/p-1. The van der Waals surface area contributed by atoms with Crippen LogP contribution in [-0.4, -0.2) is 31.6 Å². The Hall–Kier alpha value is 0.516. The lowest BCUT2D eigenvalue weighted by Gasteiger charge is -2.01. The number of hydrogen-bond donors (Lipinski definition) is 0. The third kappa shape index (κ3) is 3.29. The van der Waals surface area contributed by atoms with Crippen molar-refractivity contribution in [2.45, 2.75) is 4.90 Å². The third-order valence-corrected chi connectivity index (χ3v) is 6.92. The molecule has 0 aliphatic carbocycles. The van der Waals surface area contributed by atoms with Gasteiger partial charge in [-0.2, -0.15) is 0 Å². The Morgan fingerprint density at radius 3 is 2.23 bits per heavy atom. The molecule has 0 aromatic heterocycles. The second-order valence-corrected chi connectivity index (χ2v) is 7.74. The molecular formula is C7H6Cl2MgO2S. The molecule has 0 radical (unpaired) electrons. The molecule has 6 heteroatoms. The van der Waals surface area contributed by atoms with Crippen molar-refractivity contribution in [2.75, 3.05) is 3.88 Å². The fourth-order valence-corrected chi connectivity index (χ4v) is 5.12. The molecular weight excluding hydrogens is 243 g/mol. The van der Waals surface area contributed by atoms with Crippen molar-refractivity contribution >= 4 is 49.8 Å². The minimum absolute atomic E-state index is 0.0934. The van der Waals surface area contributed by atoms with Gasteiger partial charge in [0.1, 0.15) is 0 Å². The van der Waals surface area contributed by atoms with Crippen LogP contribution in [0.4, 0.5) is 0 Å². The molecule has 0 N–H and O–H groups in total. The van der Waals surface area contributed by atoms with Crippen molar-refractivity contribution in [1.82, 2.24) is 0 Å². The van der Waals surface area contributed by atoms with E-state index in [0.29, 0.717) is 9.92 Å². The summed E-state index contributed by atoms with van der Waals surface area (Å²) in [5.41, 5.74) is 0. The molecule has 0 saturated carbocycles. The van der Waals surface area contributed by atoms with Crippen molar-refractivity contribution in [3.8, 4) is 0 Å². The Morgan fingerprint density at radius 2 is 1.77 bits per heavy atom. The van der Waals surface area contributed by atoms with Gasteiger partial charge in [-0.25, -0.2) is 8.42 Å². The monoisotopic (exact) mass is 248 g/mol. The van der Waals surface area contributed by atoms with Crippen LogP contribution in [0.1, 0.15) is 0 Å². The molecule has 0 amide bonds. The first-order valence-corrected chi connectivity index (χ1v) is 8.77. The molecule has 0 heterocycles. The summed E-state index contributed by atoms with van der Waals surface area (Å²) in [5.74, 6) is 0. The highest BCUT2D eigenvalue weighted by molar-refractivity contribution is 7.93. The van der Waals surface area contributed by atoms with E-state index in [9.17, 15) is 8.42 Å². The van der Waals surface area contributed by atoms with Crippen molar-refractivity contribution in [3.63, 3.8) is 0 Å². The van der Waals surface area contributed by atoms with Gasteiger partial charge in [-0.1, -0.05) is 11.6 Å². The molecule has 13 heavy (non-hydrogen) atoms. The molecule has 0 aliphatic rings. The van der Waals surface area contributed by atoms with E-state index < -0.39 is 29.1 Å². The summed E-state index contributed by atoms with van der Waals surface area (Å²) >= 11 is 4.63. The van der Waals surface area contributed by atoms with Gasteiger partial charge in [0.05, 0.1) is 4.90 Å². The average molecular weight is 249 g/mol. The quantitative estimate of drug-likeness (QED) is 0.767. The summed E-state index contributed by atoms with van der Waals surface area (Å²) in [5, 5.41) is 0.530. The average Bonchev–Trinajstić information content (AvgIpc) is 2.05. The highest BCUT2D eigenvalue weighted by atomic mass is 35.5. The van der Waals surface area contributed by atoms with E-state index in [4.69, 9.17) is 20.7 Å². The Kier molecular flexibility index (Phi) is 4.32. The Bertz CT molecular complexity index is 374. The van der Waals surface area contributed by atoms with E-state index in [1.807, 2.05) is 0 Å². The van der Waals surface area contributed by atoms with Crippen LogP contribution >= 0.6 is 20.7 Å². The summed E-state index contributed by atoms with van der Waals surface area (Å²) in [6, 6.07) is 6.12. The minimum Gasteiger partial charge on any atom is -0.344 e. The van der Waals surface area contributed by atoms with Gasteiger partial charge in [-0.3, -0.25) is 0 Å². The van der Waals surface area contributed by atoms with Gasteiger partial charge in [-0.05, 0) is 28.1 Å². The van der Waals surface area contributed by atoms with Gasteiger partial charge in [-0.15, -0.1) is 0 Å². The fraction of sp³-hybridized carbons (Fsp3) is 0.143. The van der Waals surface area contributed by atoms with Gasteiger partial charge in [0, 0.05) is 5.02 Å². The first-order valence-electron chi connectivity index (χ1n) is 3.60.